The molecule has 0 aliphatic heterocycles. The van der Waals surface area contributed by atoms with E-state index in [4.69, 9.17) is 5.26 Å². The molecule has 5 nitrogen and oxygen atoms in total. The lowest BCUT2D eigenvalue weighted by Gasteiger charge is -2.07. The van der Waals surface area contributed by atoms with Gasteiger partial charge in [-0.2, -0.15) is 5.26 Å². The first-order valence-corrected chi connectivity index (χ1v) is 7.00. The maximum atomic E-state index is 9.02. The number of hydrogen-bond acceptors (Lipinski definition) is 4. The molecule has 0 aliphatic rings. The van der Waals surface area contributed by atoms with Crippen LogP contribution in [0.1, 0.15) is 25.3 Å². The van der Waals surface area contributed by atoms with Crippen molar-refractivity contribution in [1.29, 1.82) is 5.26 Å². The highest BCUT2D eigenvalue weighted by molar-refractivity contribution is 5.81. The highest BCUT2D eigenvalue weighted by Gasteiger charge is 2.13. The number of nitrogens with zero attached hydrogens (tertiary/aromatic N) is 5. The SMILES string of the molecule is CCCCn1c(-c2cnccn2)nc2cc(C#N)ccc21. The zero-order valence-corrected chi connectivity index (χ0v) is 11.8. The van der Waals surface area contributed by atoms with E-state index in [1.165, 1.54) is 0 Å². The third-order valence-electron chi connectivity index (χ3n) is 3.40. The maximum Gasteiger partial charge on any atom is 0.161 e. The van der Waals surface area contributed by atoms with E-state index in [0.717, 1.165) is 41.9 Å². The van der Waals surface area contributed by atoms with Gasteiger partial charge in [-0.05, 0) is 24.6 Å². The van der Waals surface area contributed by atoms with E-state index in [9.17, 15) is 0 Å². The van der Waals surface area contributed by atoms with Crippen LogP contribution in [-0.2, 0) is 6.54 Å². The molecule has 104 valence electrons. The standard InChI is InChI=1S/C16H15N5/c1-2-3-8-21-15-5-4-12(10-17)9-13(15)20-16(21)14-11-18-6-7-19-14/h4-7,9,11H,2-3,8H2,1H3. The minimum Gasteiger partial charge on any atom is -0.323 e. The van der Waals surface area contributed by atoms with Gasteiger partial charge in [0.1, 0.15) is 5.69 Å². The number of fused-ring (bicyclic) bond motifs is 1. The summed E-state index contributed by atoms with van der Waals surface area (Å²) in [6.07, 6.45) is 7.21. The molecule has 0 saturated heterocycles. The summed E-state index contributed by atoms with van der Waals surface area (Å²) in [5.41, 5.74) is 3.23. The van der Waals surface area contributed by atoms with Crippen LogP contribution < -0.4 is 0 Å². The first-order valence-electron chi connectivity index (χ1n) is 7.00. The van der Waals surface area contributed by atoms with Gasteiger partial charge in [0.05, 0.1) is 28.9 Å². The Morgan fingerprint density at radius 1 is 1.29 bits per heavy atom. The van der Waals surface area contributed by atoms with Crippen molar-refractivity contribution in [3.05, 3.63) is 42.4 Å². The number of benzene rings is 1. The third-order valence-corrected chi connectivity index (χ3v) is 3.40. The number of aromatic nitrogens is 4. The average Bonchev–Trinajstić information content (AvgIpc) is 2.91. The van der Waals surface area contributed by atoms with Gasteiger partial charge in [0, 0.05) is 18.9 Å². The Balaban J connectivity index is 2.20. The molecular weight excluding hydrogens is 262 g/mol. The first-order chi connectivity index (χ1) is 10.3. The van der Waals surface area contributed by atoms with Gasteiger partial charge in [0.2, 0.25) is 0 Å². The van der Waals surface area contributed by atoms with Crippen molar-refractivity contribution in [2.45, 2.75) is 26.3 Å². The van der Waals surface area contributed by atoms with Crippen LogP contribution in [0.15, 0.2) is 36.8 Å². The topological polar surface area (TPSA) is 67.4 Å². The number of imidazole rings is 1. The smallest absolute Gasteiger partial charge is 0.161 e. The Labute approximate surface area is 122 Å². The minimum atomic E-state index is 0.619. The normalized spacial score (nSPS) is 10.7. The lowest BCUT2D eigenvalue weighted by atomic mass is 10.2. The molecule has 0 N–H and O–H groups in total. The van der Waals surface area contributed by atoms with Crippen LogP contribution in [0.4, 0.5) is 0 Å². The summed E-state index contributed by atoms with van der Waals surface area (Å²) in [7, 11) is 0. The van der Waals surface area contributed by atoms with E-state index >= 15 is 0 Å². The second-order valence-corrected chi connectivity index (χ2v) is 4.85. The maximum absolute atomic E-state index is 9.02. The summed E-state index contributed by atoms with van der Waals surface area (Å²) < 4.78 is 2.16. The summed E-state index contributed by atoms with van der Waals surface area (Å²) in [5, 5.41) is 9.02. The summed E-state index contributed by atoms with van der Waals surface area (Å²) in [6, 6.07) is 7.75. The summed E-state index contributed by atoms with van der Waals surface area (Å²) in [4.78, 5) is 13.1. The van der Waals surface area contributed by atoms with Crippen LogP contribution in [0, 0.1) is 11.3 Å². The van der Waals surface area contributed by atoms with Crippen LogP contribution in [0.5, 0.6) is 0 Å². The molecule has 21 heavy (non-hydrogen) atoms. The number of unbranched alkanes of at least 4 members (excludes halogenated alkanes) is 1. The van der Waals surface area contributed by atoms with E-state index in [1.54, 1.807) is 18.6 Å². The van der Waals surface area contributed by atoms with Crippen LogP contribution in [0.3, 0.4) is 0 Å². The molecule has 3 aromatic rings. The van der Waals surface area contributed by atoms with E-state index in [0.29, 0.717) is 5.56 Å². The predicted octanol–water partition coefficient (Wildman–Crippen LogP) is 3.17. The summed E-state index contributed by atoms with van der Waals surface area (Å²) >= 11 is 0. The van der Waals surface area contributed by atoms with Crippen molar-refractivity contribution < 1.29 is 0 Å². The lowest BCUT2D eigenvalue weighted by molar-refractivity contribution is 0.650. The van der Waals surface area contributed by atoms with Crippen molar-refractivity contribution in [3.63, 3.8) is 0 Å². The molecule has 0 radical (unpaired) electrons. The van der Waals surface area contributed by atoms with E-state index < -0.39 is 0 Å². The Kier molecular flexibility index (Phi) is 3.61. The van der Waals surface area contributed by atoms with Gasteiger partial charge in [-0.3, -0.25) is 4.98 Å². The Bertz CT molecular complexity index is 799. The molecule has 0 aliphatic carbocycles. The highest BCUT2D eigenvalue weighted by atomic mass is 15.1. The lowest BCUT2D eigenvalue weighted by Crippen LogP contribution is -2.01. The number of rotatable bonds is 4. The Hall–Kier alpha value is -2.74. The fourth-order valence-corrected chi connectivity index (χ4v) is 2.35. The predicted molar refractivity (Wildman–Crippen MR) is 80.4 cm³/mol. The fourth-order valence-electron chi connectivity index (χ4n) is 2.35. The molecule has 5 heteroatoms. The first kappa shape index (κ1) is 13.3. The van der Waals surface area contributed by atoms with Crippen LogP contribution >= 0.6 is 0 Å². The van der Waals surface area contributed by atoms with E-state index in [-0.39, 0.29) is 0 Å². The van der Waals surface area contributed by atoms with Gasteiger partial charge in [-0.15, -0.1) is 0 Å². The van der Waals surface area contributed by atoms with Gasteiger partial charge in [0.25, 0.3) is 0 Å². The van der Waals surface area contributed by atoms with Gasteiger partial charge in [-0.1, -0.05) is 13.3 Å². The summed E-state index contributed by atoms with van der Waals surface area (Å²) in [5.74, 6) is 0.807. The van der Waals surface area contributed by atoms with Crippen LogP contribution in [-0.4, -0.2) is 19.5 Å². The number of aryl methyl sites for hydroxylation is 1. The Morgan fingerprint density at radius 3 is 2.90 bits per heavy atom. The van der Waals surface area contributed by atoms with Gasteiger partial charge >= 0.3 is 0 Å². The molecule has 0 atom stereocenters. The molecular formula is C16H15N5. The van der Waals surface area contributed by atoms with Crippen LogP contribution in [0.25, 0.3) is 22.6 Å². The zero-order chi connectivity index (χ0) is 14.7. The van der Waals surface area contributed by atoms with E-state index in [2.05, 4.69) is 32.5 Å². The average molecular weight is 277 g/mol. The second kappa shape index (κ2) is 5.71. The molecule has 0 unspecified atom stereocenters. The van der Waals surface area contributed by atoms with Gasteiger partial charge < -0.3 is 4.57 Å². The van der Waals surface area contributed by atoms with Gasteiger partial charge in [-0.25, -0.2) is 9.97 Å². The molecule has 1 aromatic carbocycles. The second-order valence-electron chi connectivity index (χ2n) is 4.85. The highest BCUT2D eigenvalue weighted by Crippen LogP contribution is 2.24. The number of nitriles is 1. The van der Waals surface area contributed by atoms with Crippen molar-refractivity contribution in [3.8, 4) is 17.6 Å². The number of hydrogen-bond donors (Lipinski definition) is 0. The van der Waals surface area contributed by atoms with Crippen LogP contribution in [0.2, 0.25) is 0 Å². The molecule has 0 fully saturated rings. The van der Waals surface area contributed by atoms with Crippen molar-refractivity contribution >= 4 is 11.0 Å². The molecule has 3 rings (SSSR count). The van der Waals surface area contributed by atoms with Crippen molar-refractivity contribution in [1.82, 2.24) is 19.5 Å². The molecule has 0 saturated carbocycles. The third kappa shape index (κ3) is 2.48. The zero-order valence-electron chi connectivity index (χ0n) is 11.8. The molecule has 0 amide bonds. The quantitative estimate of drug-likeness (QED) is 0.734. The Morgan fingerprint density at radius 2 is 2.19 bits per heavy atom. The van der Waals surface area contributed by atoms with E-state index in [1.807, 2.05) is 18.2 Å². The molecule has 2 heterocycles. The van der Waals surface area contributed by atoms with Crippen molar-refractivity contribution in [2.75, 3.05) is 0 Å². The largest absolute Gasteiger partial charge is 0.323 e. The molecule has 0 bridgehead atoms. The monoisotopic (exact) mass is 277 g/mol. The van der Waals surface area contributed by atoms with Crippen molar-refractivity contribution in [2.24, 2.45) is 0 Å². The fraction of sp³-hybridized carbons (Fsp3) is 0.250. The molecule has 2 aromatic heterocycles. The molecule has 0 spiro atoms. The van der Waals surface area contributed by atoms with Gasteiger partial charge in [0.15, 0.2) is 5.82 Å². The summed E-state index contributed by atoms with van der Waals surface area (Å²) in [6.45, 7) is 3.04. The minimum absolute atomic E-state index is 0.619.